The van der Waals surface area contributed by atoms with Crippen LogP contribution in [0.25, 0.3) is 0 Å². The largest absolute Gasteiger partial charge is 0.328 e. The van der Waals surface area contributed by atoms with Gasteiger partial charge in [0.2, 0.25) is 0 Å². The number of hydrogen-bond acceptors (Lipinski definition) is 3. The van der Waals surface area contributed by atoms with E-state index in [2.05, 4.69) is 0 Å². The zero-order valence-electron chi connectivity index (χ0n) is 17.3. The number of ether oxygens (including phenoxy) is 3. The molecule has 0 heterocycles. The van der Waals surface area contributed by atoms with Crippen LogP contribution in [-0.4, -0.2) is 25.8 Å². The summed E-state index contributed by atoms with van der Waals surface area (Å²) in [5, 5.41) is 0. The highest BCUT2D eigenvalue weighted by atomic mass is 16.9. The van der Waals surface area contributed by atoms with Gasteiger partial charge in [-0.25, -0.2) is 0 Å². The van der Waals surface area contributed by atoms with Crippen LogP contribution >= 0.6 is 0 Å². The molecule has 0 aliphatic heterocycles. The molecule has 0 spiro atoms. The van der Waals surface area contributed by atoms with Crippen molar-refractivity contribution < 1.29 is 14.2 Å². The van der Waals surface area contributed by atoms with Gasteiger partial charge in [-0.05, 0) is 33.1 Å². The molecule has 0 aromatic carbocycles. The summed E-state index contributed by atoms with van der Waals surface area (Å²) in [7, 11) is 0. The molecular weight excluding hydrogens is 312 g/mol. The molecule has 1 aliphatic rings. The molecule has 0 saturated heterocycles. The van der Waals surface area contributed by atoms with Crippen molar-refractivity contribution >= 4 is 0 Å². The van der Waals surface area contributed by atoms with E-state index in [-0.39, 0.29) is 0 Å². The SMILES string of the molecule is CCOC(CCCCCCCCCC1CCCCC1)(OCC)OCC. The fraction of sp³-hybridized carbons (Fsp3) is 1.00. The Morgan fingerprint density at radius 2 is 1.12 bits per heavy atom. The maximum Gasteiger partial charge on any atom is 0.282 e. The minimum absolute atomic E-state index is 0.626. The van der Waals surface area contributed by atoms with E-state index < -0.39 is 5.97 Å². The molecule has 0 atom stereocenters. The second kappa shape index (κ2) is 15.0. The Kier molecular flexibility index (Phi) is 13.7. The Labute approximate surface area is 157 Å². The average molecular weight is 357 g/mol. The summed E-state index contributed by atoms with van der Waals surface area (Å²) >= 11 is 0. The second-order valence-electron chi connectivity index (χ2n) is 7.50. The Balaban J connectivity index is 2.01. The van der Waals surface area contributed by atoms with Gasteiger partial charge in [-0.15, -0.1) is 0 Å². The first-order valence-electron chi connectivity index (χ1n) is 11.2. The second-order valence-corrected chi connectivity index (χ2v) is 7.50. The van der Waals surface area contributed by atoms with E-state index in [9.17, 15) is 0 Å². The van der Waals surface area contributed by atoms with E-state index in [0.717, 1.165) is 18.8 Å². The van der Waals surface area contributed by atoms with Crippen molar-refractivity contribution in [3.63, 3.8) is 0 Å². The van der Waals surface area contributed by atoms with Crippen molar-refractivity contribution in [1.29, 1.82) is 0 Å². The monoisotopic (exact) mass is 356 g/mol. The molecule has 3 nitrogen and oxygen atoms in total. The fourth-order valence-corrected chi connectivity index (χ4v) is 4.14. The summed E-state index contributed by atoms with van der Waals surface area (Å²) in [6, 6.07) is 0. The summed E-state index contributed by atoms with van der Waals surface area (Å²) in [6.07, 6.45) is 19.1. The molecular formula is C22H44O3. The van der Waals surface area contributed by atoms with Crippen molar-refractivity contribution in [3.05, 3.63) is 0 Å². The molecule has 3 heteroatoms. The predicted octanol–water partition coefficient (Wildman–Crippen LogP) is 6.84. The van der Waals surface area contributed by atoms with E-state index in [1.807, 2.05) is 20.8 Å². The van der Waals surface area contributed by atoms with Gasteiger partial charge < -0.3 is 14.2 Å². The summed E-state index contributed by atoms with van der Waals surface area (Å²) < 4.78 is 17.3. The van der Waals surface area contributed by atoms with E-state index >= 15 is 0 Å². The standard InChI is InChI=1S/C22H44O3/c1-4-23-22(24-5-2,25-6-3)20-16-11-9-7-8-10-13-17-21-18-14-12-15-19-21/h21H,4-20H2,1-3H3. The van der Waals surface area contributed by atoms with Gasteiger partial charge in [0, 0.05) is 26.2 Å². The van der Waals surface area contributed by atoms with Crippen LogP contribution in [0.2, 0.25) is 0 Å². The highest BCUT2D eigenvalue weighted by Crippen LogP contribution is 2.28. The van der Waals surface area contributed by atoms with E-state index in [1.54, 1.807) is 0 Å². The smallest absolute Gasteiger partial charge is 0.282 e. The highest BCUT2D eigenvalue weighted by molar-refractivity contribution is 4.65. The Hall–Kier alpha value is -0.120. The van der Waals surface area contributed by atoms with Crippen LogP contribution in [0, 0.1) is 5.92 Å². The third kappa shape index (κ3) is 10.6. The van der Waals surface area contributed by atoms with Gasteiger partial charge in [0.05, 0.1) is 0 Å². The topological polar surface area (TPSA) is 27.7 Å². The molecule has 0 aromatic rings. The van der Waals surface area contributed by atoms with Crippen LogP contribution in [0.3, 0.4) is 0 Å². The molecule has 1 aliphatic carbocycles. The molecule has 0 bridgehead atoms. The summed E-state index contributed by atoms with van der Waals surface area (Å²) in [5.41, 5.74) is 0. The predicted molar refractivity (Wildman–Crippen MR) is 106 cm³/mol. The highest BCUT2D eigenvalue weighted by Gasteiger charge is 2.31. The quantitative estimate of drug-likeness (QED) is 0.224. The van der Waals surface area contributed by atoms with Crippen LogP contribution in [0.15, 0.2) is 0 Å². The van der Waals surface area contributed by atoms with Gasteiger partial charge in [-0.3, -0.25) is 0 Å². The summed E-state index contributed by atoms with van der Waals surface area (Å²) in [5.74, 6) is 0.246. The van der Waals surface area contributed by atoms with Crippen LogP contribution < -0.4 is 0 Å². The van der Waals surface area contributed by atoms with Gasteiger partial charge >= 0.3 is 0 Å². The minimum Gasteiger partial charge on any atom is -0.328 e. The third-order valence-corrected chi connectivity index (χ3v) is 5.41. The van der Waals surface area contributed by atoms with Crippen LogP contribution in [0.4, 0.5) is 0 Å². The molecule has 1 saturated carbocycles. The van der Waals surface area contributed by atoms with Gasteiger partial charge in [0.1, 0.15) is 0 Å². The molecule has 0 N–H and O–H groups in total. The van der Waals surface area contributed by atoms with Gasteiger partial charge in [-0.2, -0.15) is 0 Å². The molecule has 0 radical (unpaired) electrons. The summed E-state index contributed by atoms with van der Waals surface area (Å²) in [6.45, 7) is 7.88. The van der Waals surface area contributed by atoms with Crippen molar-refractivity contribution in [2.45, 2.75) is 117 Å². The third-order valence-electron chi connectivity index (χ3n) is 5.41. The van der Waals surface area contributed by atoms with Gasteiger partial charge in [-0.1, -0.05) is 77.0 Å². The molecule has 1 fully saturated rings. The molecule has 0 amide bonds. The molecule has 0 aromatic heterocycles. The maximum absolute atomic E-state index is 5.78. The lowest BCUT2D eigenvalue weighted by Crippen LogP contribution is -2.39. The molecule has 25 heavy (non-hydrogen) atoms. The van der Waals surface area contributed by atoms with Crippen LogP contribution in [0.1, 0.15) is 111 Å². The van der Waals surface area contributed by atoms with E-state index in [4.69, 9.17) is 14.2 Å². The van der Waals surface area contributed by atoms with Crippen molar-refractivity contribution in [3.8, 4) is 0 Å². The lowest BCUT2D eigenvalue weighted by Gasteiger charge is -2.32. The summed E-state index contributed by atoms with van der Waals surface area (Å²) in [4.78, 5) is 0. The molecule has 0 unspecified atom stereocenters. The zero-order chi connectivity index (χ0) is 18.2. The average Bonchev–Trinajstić information content (AvgIpc) is 2.62. The van der Waals surface area contributed by atoms with Crippen molar-refractivity contribution in [2.75, 3.05) is 19.8 Å². The normalized spacial score (nSPS) is 16.4. The number of rotatable bonds is 16. The first-order valence-corrected chi connectivity index (χ1v) is 11.2. The lowest BCUT2D eigenvalue weighted by molar-refractivity contribution is -0.380. The lowest BCUT2D eigenvalue weighted by atomic mass is 9.85. The van der Waals surface area contributed by atoms with Crippen LogP contribution in [0.5, 0.6) is 0 Å². The Bertz CT molecular complexity index is 270. The fourth-order valence-electron chi connectivity index (χ4n) is 4.14. The number of unbranched alkanes of at least 4 members (excludes halogenated alkanes) is 6. The van der Waals surface area contributed by atoms with Gasteiger partial charge in [0.25, 0.3) is 5.97 Å². The van der Waals surface area contributed by atoms with Gasteiger partial charge in [0.15, 0.2) is 0 Å². The molecule has 1 rings (SSSR count). The molecule has 150 valence electrons. The van der Waals surface area contributed by atoms with E-state index in [1.165, 1.54) is 77.0 Å². The number of hydrogen-bond donors (Lipinski definition) is 0. The van der Waals surface area contributed by atoms with Crippen LogP contribution in [-0.2, 0) is 14.2 Å². The Morgan fingerprint density at radius 1 is 0.640 bits per heavy atom. The maximum atomic E-state index is 5.78. The first-order chi connectivity index (χ1) is 12.3. The van der Waals surface area contributed by atoms with Crippen molar-refractivity contribution in [1.82, 2.24) is 0 Å². The minimum atomic E-state index is -0.807. The van der Waals surface area contributed by atoms with Crippen molar-refractivity contribution in [2.24, 2.45) is 5.92 Å². The van der Waals surface area contributed by atoms with E-state index in [0.29, 0.717) is 19.8 Å². The Morgan fingerprint density at radius 3 is 1.64 bits per heavy atom. The first kappa shape index (κ1) is 22.9. The zero-order valence-corrected chi connectivity index (χ0v) is 17.3.